The number of fused-ring (bicyclic) bond motifs is 1. The largest absolute Gasteiger partial charge is 0.321 e. The fourth-order valence-electron chi connectivity index (χ4n) is 5.83. The Morgan fingerprint density at radius 3 is 2.38 bits per heavy atom. The van der Waals surface area contributed by atoms with Gasteiger partial charge in [-0.3, -0.25) is 9.59 Å². The Morgan fingerprint density at radius 2 is 1.62 bits per heavy atom. The quantitative estimate of drug-likeness (QED) is 0.236. The first-order valence-electron chi connectivity index (χ1n) is 13.8. The van der Waals surface area contributed by atoms with Gasteiger partial charge in [0.15, 0.2) is 0 Å². The van der Waals surface area contributed by atoms with Crippen molar-refractivity contribution in [1.29, 1.82) is 0 Å². The lowest BCUT2D eigenvalue weighted by Gasteiger charge is -2.27. The number of amides is 1. The molecular formula is C32H30Br2N4O2. The Labute approximate surface area is 250 Å². The highest BCUT2D eigenvalue weighted by molar-refractivity contribution is 9.10. The van der Waals surface area contributed by atoms with Crippen molar-refractivity contribution in [3.05, 3.63) is 103 Å². The molecule has 0 spiro atoms. The maximum atomic E-state index is 13.7. The number of rotatable bonds is 6. The molecule has 0 bridgehead atoms. The highest BCUT2D eigenvalue weighted by atomic mass is 79.9. The number of carbonyl (C=O) groups is 1. The van der Waals surface area contributed by atoms with Crippen LogP contribution in [0.15, 0.2) is 91.6 Å². The summed E-state index contributed by atoms with van der Waals surface area (Å²) < 4.78 is 1.90. The van der Waals surface area contributed by atoms with E-state index in [0.717, 1.165) is 56.2 Å². The number of H-pyrrole nitrogens is 1. The standard InChI is InChI=1S/C32H30Br2N4O2/c33-23-11-9-21(10-12-23)28-20-27(36-38(28)29(39)15-18-37-16-5-2-6-17-37)31-30(22-7-3-1-4-8-22)25-19-24(34)13-14-26(25)35-32(31)40/h1,3-4,7-14,19,28H,2,5-6,15-18,20H2,(H,35,40). The number of carbonyl (C=O) groups excluding carboxylic acids is 1. The maximum Gasteiger partial charge on any atom is 0.258 e. The van der Waals surface area contributed by atoms with E-state index in [2.05, 4.69) is 41.7 Å². The average Bonchev–Trinajstić information content (AvgIpc) is 3.42. The lowest BCUT2D eigenvalue weighted by Crippen LogP contribution is -2.35. The summed E-state index contributed by atoms with van der Waals surface area (Å²) in [7, 11) is 0. The van der Waals surface area contributed by atoms with Crippen LogP contribution in [0.1, 0.15) is 49.3 Å². The summed E-state index contributed by atoms with van der Waals surface area (Å²) in [6.45, 7) is 2.81. The third-order valence-corrected chi connectivity index (χ3v) is 8.86. The van der Waals surface area contributed by atoms with Crippen LogP contribution in [0.2, 0.25) is 0 Å². The Balaban J connectivity index is 1.44. The highest BCUT2D eigenvalue weighted by Crippen LogP contribution is 2.38. The third kappa shape index (κ3) is 5.57. The van der Waals surface area contributed by atoms with Crippen molar-refractivity contribution in [2.75, 3.05) is 19.6 Å². The number of aromatic amines is 1. The molecule has 1 unspecified atom stereocenters. The highest BCUT2D eigenvalue weighted by Gasteiger charge is 2.35. The van der Waals surface area contributed by atoms with Gasteiger partial charge >= 0.3 is 0 Å². The number of hydrazone groups is 1. The fraction of sp³-hybridized carbons (Fsp3) is 0.281. The van der Waals surface area contributed by atoms with Gasteiger partial charge in [-0.15, -0.1) is 0 Å². The van der Waals surface area contributed by atoms with E-state index < -0.39 is 0 Å². The molecule has 1 aromatic heterocycles. The number of piperidine rings is 1. The minimum Gasteiger partial charge on any atom is -0.321 e. The zero-order chi connectivity index (χ0) is 27.6. The molecule has 0 radical (unpaired) electrons. The topological polar surface area (TPSA) is 68.8 Å². The van der Waals surface area contributed by atoms with Gasteiger partial charge in [-0.25, -0.2) is 5.01 Å². The molecule has 1 N–H and O–H groups in total. The summed E-state index contributed by atoms with van der Waals surface area (Å²) >= 11 is 7.13. The average molecular weight is 662 g/mol. The minimum atomic E-state index is -0.279. The molecule has 2 aliphatic heterocycles. The first-order chi connectivity index (χ1) is 19.5. The molecule has 1 saturated heterocycles. The third-order valence-electron chi connectivity index (χ3n) is 7.84. The van der Waals surface area contributed by atoms with Gasteiger partial charge in [0.25, 0.3) is 5.56 Å². The molecule has 0 aliphatic carbocycles. The normalized spacial score (nSPS) is 17.8. The van der Waals surface area contributed by atoms with Crippen LogP contribution in [-0.2, 0) is 4.79 Å². The SMILES string of the molecule is O=C(CCN1CCCCC1)N1N=C(c2c(-c3ccccc3)c3cc(Br)ccc3[nH]c2=O)CC1c1ccc(Br)cc1. The molecule has 40 heavy (non-hydrogen) atoms. The van der Waals surface area contributed by atoms with E-state index in [0.29, 0.717) is 24.1 Å². The summed E-state index contributed by atoms with van der Waals surface area (Å²) in [6.07, 6.45) is 4.49. The summed E-state index contributed by atoms with van der Waals surface area (Å²) in [5, 5.41) is 7.47. The smallest absolute Gasteiger partial charge is 0.258 e. The summed E-state index contributed by atoms with van der Waals surface area (Å²) in [5.74, 6) is -0.0188. The van der Waals surface area contributed by atoms with Gasteiger partial charge in [0.2, 0.25) is 5.91 Å². The number of halogens is 2. The molecule has 3 heterocycles. The molecule has 0 saturated carbocycles. The number of hydrogen-bond acceptors (Lipinski definition) is 4. The maximum absolute atomic E-state index is 13.7. The van der Waals surface area contributed by atoms with Crippen molar-refractivity contribution >= 4 is 54.4 Å². The Morgan fingerprint density at radius 1 is 0.900 bits per heavy atom. The first-order valence-corrected chi connectivity index (χ1v) is 15.4. The number of benzene rings is 3. The van der Waals surface area contributed by atoms with E-state index in [4.69, 9.17) is 5.10 Å². The van der Waals surface area contributed by atoms with Crippen molar-refractivity contribution in [2.24, 2.45) is 5.10 Å². The molecule has 1 atom stereocenters. The first kappa shape index (κ1) is 27.1. The number of aromatic nitrogens is 1. The summed E-state index contributed by atoms with van der Waals surface area (Å²) in [6, 6.07) is 23.6. The van der Waals surface area contributed by atoms with Crippen molar-refractivity contribution in [3.63, 3.8) is 0 Å². The fourth-order valence-corrected chi connectivity index (χ4v) is 6.46. The second-order valence-corrected chi connectivity index (χ2v) is 12.3. The van der Waals surface area contributed by atoms with Gasteiger partial charge in [-0.2, -0.15) is 5.10 Å². The monoisotopic (exact) mass is 660 g/mol. The molecule has 1 amide bonds. The van der Waals surface area contributed by atoms with Crippen molar-refractivity contribution in [2.45, 2.75) is 38.1 Å². The molecule has 6 rings (SSSR count). The van der Waals surface area contributed by atoms with Crippen LogP contribution in [0.4, 0.5) is 0 Å². The van der Waals surface area contributed by atoms with Crippen LogP contribution in [-0.4, -0.2) is 46.1 Å². The van der Waals surface area contributed by atoms with Crippen molar-refractivity contribution < 1.29 is 4.79 Å². The molecule has 1 fully saturated rings. The number of hydrogen-bond donors (Lipinski definition) is 1. The lowest BCUT2D eigenvalue weighted by molar-refractivity contribution is -0.133. The molecule has 204 valence electrons. The van der Waals surface area contributed by atoms with Crippen LogP contribution in [0.5, 0.6) is 0 Å². The van der Waals surface area contributed by atoms with Crippen LogP contribution >= 0.6 is 31.9 Å². The summed E-state index contributed by atoms with van der Waals surface area (Å²) in [4.78, 5) is 32.9. The predicted octanol–water partition coefficient (Wildman–Crippen LogP) is 7.27. The van der Waals surface area contributed by atoms with Gasteiger partial charge in [0, 0.05) is 44.8 Å². The zero-order valence-corrected chi connectivity index (χ0v) is 25.2. The molecule has 6 nitrogen and oxygen atoms in total. The van der Waals surface area contributed by atoms with Crippen LogP contribution in [0, 0.1) is 0 Å². The van der Waals surface area contributed by atoms with Crippen molar-refractivity contribution in [1.82, 2.24) is 14.9 Å². The van der Waals surface area contributed by atoms with E-state index in [9.17, 15) is 9.59 Å². The van der Waals surface area contributed by atoms with E-state index in [1.807, 2.05) is 72.8 Å². The van der Waals surface area contributed by atoms with Crippen molar-refractivity contribution in [3.8, 4) is 11.1 Å². The van der Waals surface area contributed by atoms with Gasteiger partial charge in [0.1, 0.15) is 0 Å². The van der Waals surface area contributed by atoms with E-state index in [-0.39, 0.29) is 17.5 Å². The van der Waals surface area contributed by atoms with E-state index in [1.54, 1.807) is 5.01 Å². The van der Waals surface area contributed by atoms with Crippen LogP contribution < -0.4 is 5.56 Å². The minimum absolute atomic E-state index is 0.0188. The second kappa shape index (κ2) is 11.8. The Kier molecular flexibility index (Phi) is 8.01. The number of nitrogens with zero attached hydrogens (tertiary/aromatic N) is 3. The molecule has 2 aliphatic rings. The number of nitrogens with one attached hydrogen (secondary N) is 1. The Hall–Kier alpha value is -3.07. The molecular weight excluding hydrogens is 632 g/mol. The van der Waals surface area contributed by atoms with Gasteiger partial charge < -0.3 is 9.88 Å². The number of likely N-dealkylation sites (tertiary alicyclic amines) is 1. The van der Waals surface area contributed by atoms with Gasteiger partial charge in [-0.1, -0.05) is 80.7 Å². The van der Waals surface area contributed by atoms with Gasteiger partial charge in [-0.05, 0) is 67.4 Å². The molecule has 8 heteroatoms. The van der Waals surface area contributed by atoms with Gasteiger partial charge in [0.05, 0.1) is 17.3 Å². The summed E-state index contributed by atoms with van der Waals surface area (Å²) in [5.41, 5.74) is 4.46. The predicted molar refractivity (Wildman–Crippen MR) is 167 cm³/mol. The second-order valence-electron chi connectivity index (χ2n) is 10.5. The van der Waals surface area contributed by atoms with Crippen LogP contribution in [0.25, 0.3) is 22.0 Å². The Bertz CT molecular complexity index is 1630. The van der Waals surface area contributed by atoms with Crippen LogP contribution in [0.3, 0.4) is 0 Å². The van der Waals surface area contributed by atoms with E-state index in [1.165, 1.54) is 19.3 Å². The molecule has 3 aromatic carbocycles. The molecule has 4 aromatic rings. The van der Waals surface area contributed by atoms with E-state index >= 15 is 0 Å². The number of pyridine rings is 1. The zero-order valence-electron chi connectivity index (χ0n) is 22.1. The lowest BCUT2D eigenvalue weighted by atomic mass is 9.91.